The molecule has 1 fully saturated rings. The Balaban J connectivity index is 1.45. The number of likely N-dealkylation sites (N-methyl/N-ethyl adjacent to an activating group) is 2. The molecule has 13 unspecified atom stereocenters. The molecule has 2 aliphatic heterocycles. The Hall–Kier alpha value is -7.57. The molecule has 10 N–H and O–H groups in total. The number of nitrogens with one attached hydrogen (secondary N) is 7. The number of sulfonamides is 1. The second kappa shape index (κ2) is 40.6. The van der Waals surface area contributed by atoms with Crippen LogP contribution in [0.2, 0.25) is 0 Å². The Morgan fingerprint density at radius 1 is 0.748 bits per heavy atom. The summed E-state index contributed by atoms with van der Waals surface area (Å²) in [4.78, 5) is 144. The van der Waals surface area contributed by atoms with Crippen molar-refractivity contribution in [2.24, 2.45) is 46.2 Å². The van der Waals surface area contributed by atoms with Gasteiger partial charge in [-0.3, -0.25) is 52.8 Å². The van der Waals surface area contributed by atoms with Crippen molar-refractivity contribution < 1.29 is 75.7 Å². The van der Waals surface area contributed by atoms with E-state index in [1.165, 1.54) is 55.5 Å². The van der Waals surface area contributed by atoms with Crippen LogP contribution in [0, 0.1) is 40.4 Å². The Labute approximate surface area is 610 Å². The molecule has 2 aromatic carbocycles. The summed E-state index contributed by atoms with van der Waals surface area (Å²) in [5, 5.41) is 26.9. The summed E-state index contributed by atoms with van der Waals surface area (Å²) >= 11 is 0. The summed E-state index contributed by atoms with van der Waals surface area (Å²) in [6.07, 6.45) is 2.40. The number of hydrogen-bond acceptors (Lipinski definition) is 17. The fraction of sp³-hybridized carbons (Fsp3) is 0.676. The highest BCUT2D eigenvalue weighted by Crippen LogP contribution is 2.32. The fourth-order valence-electron chi connectivity index (χ4n) is 13.4. The van der Waals surface area contributed by atoms with Crippen LogP contribution < -0.4 is 42.4 Å². The molecule has 0 bridgehead atoms. The first kappa shape index (κ1) is 87.8. The van der Waals surface area contributed by atoms with E-state index in [1.54, 1.807) is 68.0 Å². The molecule has 11 amide bonds. The number of aliphatic hydroxyl groups excluding tert-OH is 1. The van der Waals surface area contributed by atoms with Gasteiger partial charge in [0.15, 0.2) is 0 Å². The molecular weight excluding hydrogens is 1340 g/mol. The van der Waals surface area contributed by atoms with Gasteiger partial charge in [-0.2, -0.15) is 0 Å². The van der Waals surface area contributed by atoms with E-state index in [1.807, 2.05) is 88.2 Å². The van der Waals surface area contributed by atoms with Crippen molar-refractivity contribution in [3.63, 3.8) is 0 Å². The van der Waals surface area contributed by atoms with Crippen molar-refractivity contribution in [2.75, 3.05) is 73.5 Å². The van der Waals surface area contributed by atoms with Gasteiger partial charge in [-0.1, -0.05) is 139 Å². The molecule has 29 heteroatoms. The first-order chi connectivity index (χ1) is 48.2. The van der Waals surface area contributed by atoms with Gasteiger partial charge in [0.05, 0.1) is 61.6 Å². The van der Waals surface area contributed by atoms with Gasteiger partial charge in [-0.25, -0.2) is 13.2 Å². The predicted molar refractivity (Wildman–Crippen MR) is 393 cm³/mol. The summed E-state index contributed by atoms with van der Waals surface area (Å²) in [5.41, 5.74) is 5.13. The maximum Gasteiger partial charge on any atom is 0.312 e. The van der Waals surface area contributed by atoms with Crippen molar-refractivity contribution in [3.8, 4) is 0 Å². The number of benzene rings is 2. The third-order valence-electron chi connectivity index (χ3n) is 19.6. The van der Waals surface area contributed by atoms with Crippen LogP contribution in [0.5, 0.6) is 0 Å². The Morgan fingerprint density at radius 3 is 1.92 bits per heavy atom. The largest absolute Gasteiger partial charge is 0.380 e. The van der Waals surface area contributed by atoms with Gasteiger partial charge < -0.3 is 71.7 Å². The minimum atomic E-state index is -4.47. The lowest BCUT2D eigenvalue weighted by Crippen LogP contribution is -2.59. The third-order valence-corrected chi connectivity index (χ3v) is 20.8. The van der Waals surface area contributed by atoms with E-state index in [4.69, 9.17) is 19.9 Å². The third kappa shape index (κ3) is 26.8. The van der Waals surface area contributed by atoms with Crippen LogP contribution in [0.3, 0.4) is 0 Å². The summed E-state index contributed by atoms with van der Waals surface area (Å²) in [6.45, 7) is 25.4. The van der Waals surface area contributed by atoms with Crippen molar-refractivity contribution in [3.05, 3.63) is 77.9 Å². The number of amides is 11. The molecule has 1 saturated heterocycles. The normalized spacial score (nSPS) is 18.4. The minimum absolute atomic E-state index is 0.0219. The second-order valence-corrected chi connectivity index (χ2v) is 31.9. The van der Waals surface area contributed by atoms with Gasteiger partial charge in [0.2, 0.25) is 57.3 Å². The molecule has 578 valence electrons. The molecule has 2 aliphatic rings. The molecule has 2 heterocycles. The number of primary amides is 1. The molecule has 4 rings (SSSR count). The highest BCUT2D eigenvalue weighted by molar-refractivity contribution is 7.89. The fourth-order valence-corrected chi connectivity index (χ4v) is 14.5. The van der Waals surface area contributed by atoms with Crippen LogP contribution in [0.4, 0.5) is 10.5 Å². The van der Waals surface area contributed by atoms with E-state index in [0.29, 0.717) is 37.8 Å². The molecule has 2 aromatic rings. The van der Waals surface area contributed by atoms with Gasteiger partial charge in [-0.15, -0.1) is 0 Å². The lowest BCUT2D eigenvalue weighted by Gasteiger charge is -2.41. The number of aliphatic hydroxyl groups is 1. The van der Waals surface area contributed by atoms with Crippen LogP contribution in [0.25, 0.3) is 0 Å². The smallest absolute Gasteiger partial charge is 0.312 e. The minimum Gasteiger partial charge on any atom is -0.380 e. The van der Waals surface area contributed by atoms with Crippen LogP contribution in [-0.4, -0.2) is 221 Å². The zero-order valence-corrected chi connectivity index (χ0v) is 64.8. The maximum atomic E-state index is 14.7. The van der Waals surface area contributed by atoms with Gasteiger partial charge in [-0.05, 0) is 105 Å². The molecule has 0 aromatic heterocycles. The molecular formula is C74H120N12O16S. The summed E-state index contributed by atoms with van der Waals surface area (Å²) in [5.74, 6) is -7.14. The number of carbonyl (C=O) groups is 10. The summed E-state index contributed by atoms with van der Waals surface area (Å²) < 4.78 is 48.2. The number of likely N-dealkylation sites (tertiary alicyclic amines) is 1. The number of rotatable bonds is 43. The number of ether oxygens (including phenoxy) is 3. The second-order valence-electron chi connectivity index (χ2n) is 30.2. The number of carbonyl (C=O) groups excluding carboxylic acids is 10. The van der Waals surface area contributed by atoms with E-state index in [-0.39, 0.29) is 111 Å². The molecule has 13 atom stereocenters. The van der Waals surface area contributed by atoms with E-state index < -0.39 is 135 Å². The van der Waals surface area contributed by atoms with Gasteiger partial charge in [0, 0.05) is 70.9 Å². The van der Waals surface area contributed by atoms with Gasteiger partial charge >= 0.3 is 6.03 Å². The van der Waals surface area contributed by atoms with Gasteiger partial charge in [0.25, 0.3) is 5.91 Å². The number of nitrogens with two attached hydrogens (primary N) is 1. The number of hydrogen-bond donors (Lipinski definition) is 9. The van der Waals surface area contributed by atoms with Crippen molar-refractivity contribution in [1.82, 2.24) is 50.9 Å². The van der Waals surface area contributed by atoms with Gasteiger partial charge in [0.1, 0.15) is 30.4 Å². The number of methoxy groups -OCH3 is 2. The Kier molecular flexibility index (Phi) is 34.6. The first-order valence-corrected chi connectivity index (χ1v) is 37.6. The average Bonchev–Trinajstić information content (AvgIpc) is 1.80. The molecule has 0 radical (unpaired) electrons. The standard InChI is InChI=1S/C74H120N12O16S/c1-19-48(9)64(84(16)71(96)62(46(5)6)81-70(95)63(47(7)8)83(14)15)56(100-17)39-60(90)85-37-25-29-55(85)65(101-18)49(10)66(91)79-54(38-50-26-22-21-23-27-50)68(93)82-103(98,99)41-51-30-32-52(33-31-51)77-67(92)53(28-24-36-76-72(75)97)78-69(94)61(45(3)4)80-57(87)40-73(11,12)43-102-44-74(13,20-2)42-86-58(88)34-35-59(86)89/h21-23,26-27,30-35,45-49,53-56,58,61-65,88H,19-20,24-25,28-29,36-44H2,1-18H3,(H,77,92)(H,78,94)(H,79,91)(H,80,87)(H,81,95)(H,82,93)(H3,75,76,97). The van der Waals surface area contributed by atoms with Crippen LogP contribution in [-0.2, 0) is 79.6 Å². The maximum absolute atomic E-state index is 14.7. The Bertz CT molecular complexity index is 3290. The van der Waals surface area contributed by atoms with Crippen LogP contribution >= 0.6 is 0 Å². The van der Waals surface area contributed by atoms with Crippen molar-refractivity contribution >= 4 is 74.9 Å². The summed E-state index contributed by atoms with van der Waals surface area (Å²) in [6, 6.07) is 7.44. The average molecular weight is 1470 g/mol. The monoisotopic (exact) mass is 1460 g/mol. The van der Waals surface area contributed by atoms with Crippen molar-refractivity contribution in [2.45, 2.75) is 214 Å². The van der Waals surface area contributed by atoms with E-state index in [9.17, 15) is 61.5 Å². The molecule has 28 nitrogen and oxygen atoms in total. The molecule has 0 saturated carbocycles. The van der Waals surface area contributed by atoms with E-state index in [0.717, 1.165) is 0 Å². The molecule has 103 heavy (non-hydrogen) atoms. The molecule has 0 spiro atoms. The van der Waals surface area contributed by atoms with Crippen LogP contribution in [0.15, 0.2) is 66.7 Å². The lowest BCUT2D eigenvalue weighted by atomic mass is 9.87. The highest BCUT2D eigenvalue weighted by atomic mass is 32.2. The van der Waals surface area contributed by atoms with Crippen molar-refractivity contribution in [1.29, 1.82) is 0 Å². The lowest BCUT2D eigenvalue weighted by molar-refractivity contribution is -0.148. The molecule has 0 aliphatic carbocycles. The zero-order valence-electron chi connectivity index (χ0n) is 64.0. The quantitative estimate of drug-likeness (QED) is 0.0410. The Morgan fingerprint density at radius 2 is 1.38 bits per heavy atom. The number of nitrogens with zero attached hydrogens (tertiary/aromatic N) is 4. The number of anilines is 1. The summed E-state index contributed by atoms with van der Waals surface area (Å²) in [7, 11) is 3.77. The van der Waals surface area contributed by atoms with E-state index in [2.05, 4.69) is 36.6 Å². The topological polar surface area (TPSA) is 376 Å². The SMILES string of the molecule is CCC(C)C(C(CC(=O)N1CCCC1C(OC)C(C)C(=O)NC(Cc1ccccc1)C(=O)NS(=O)(=O)Cc1ccc(NC(=O)C(CCCNC(N)=O)NC(=O)C(NC(=O)CC(C)(C)COCC(C)(CC)CN2C(=O)C=CC2O)C(C)C)cc1)OC)N(C)C(=O)C(NC(=O)C(C(C)C)N(C)C)C(C)C. The highest BCUT2D eigenvalue weighted by Gasteiger charge is 2.45. The predicted octanol–water partition coefficient (Wildman–Crippen LogP) is 4.59. The zero-order chi connectivity index (χ0) is 77.4. The van der Waals surface area contributed by atoms with E-state index >= 15 is 0 Å². The van der Waals surface area contributed by atoms with Crippen LogP contribution in [0.1, 0.15) is 153 Å². The first-order valence-electron chi connectivity index (χ1n) is 36.0. The number of urea groups is 1.